The number of aromatic nitrogens is 6. The van der Waals surface area contributed by atoms with Crippen molar-refractivity contribution in [2.45, 2.75) is 0 Å². The molecule has 25 heavy (non-hydrogen) atoms. The topological polar surface area (TPSA) is 78.6 Å². The Balaban J connectivity index is 1.71. The maximum atomic E-state index is 5.54. The third kappa shape index (κ3) is 2.94. The predicted octanol–water partition coefficient (Wildman–Crippen LogP) is 2.79. The highest BCUT2D eigenvalue weighted by Gasteiger charge is 2.12. The van der Waals surface area contributed by atoms with Gasteiger partial charge < -0.3 is 4.74 Å². The molecule has 4 aromatic rings. The van der Waals surface area contributed by atoms with Crippen LogP contribution in [-0.4, -0.2) is 37.3 Å². The molecule has 0 unspecified atom stereocenters. The van der Waals surface area contributed by atoms with Gasteiger partial charge in [0.05, 0.1) is 7.11 Å². The van der Waals surface area contributed by atoms with Crippen molar-refractivity contribution in [3.05, 3.63) is 67.1 Å². The second-order valence-electron chi connectivity index (χ2n) is 5.24. The first kappa shape index (κ1) is 14.9. The van der Waals surface area contributed by atoms with Gasteiger partial charge in [0.2, 0.25) is 5.82 Å². The molecule has 1 aromatic carbocycles. The maximum absolute atomic E-state index is 5.54. The summed E-state index contributed by atoms with van der Waals surface area (Å²) in [5.41, 5.74) is 2.83. The average Bonchev–Trinajstić information content (AvgIpc) is 3.19. The molecule has 0 amide bonds. The first-order valence-corrected chi connectivity index (χ1v) is 7.65. The van der Waals surface area contributed by atoms with Crippen molar-refractivity contribution in [1.82, 2.24) is 30.2 Å². The van der Waals surface area contributed by atoms with Crippen molar-refractivity contribution >= 4 is 0 Å². The zero-order chi connectivity index (χ0) is 17.1. The molecule has 0 saturated heterocycles. The molecule has 7 nitrogen and oxygen atoms in total. The van der Waals surface area contributed by atoms with E-state index in [4.69, 9.17) is 4.74 Å². The lowest BCUT2D eigenvalue weighted by molar-refractivity contribution is 0.416. The molecule has 0 aliphatic heterocycles. The summed E-state index contributed by atoms with van der Waals surface area (Å²) in [7, 11) is 1.64. The highest BCUT2D eigenvalue weighted by Crippen LogP contribution is 2.32. The summed E-state index contributed by atoms with van der Waals surface area (Å²) in [5.74, 6) is 1.85. The second-order valence-corrected chi connectivity index (χ2v) is 5.24. The van der Waals surface area contributed by atoms with Crippen molar-refractivity contribution in [3.8, 4) is 34.1 Å². The van der Waals surface area contributed by atoms with Gasteiger partial charge in [-0.05, 0) is 47.2 Å². The molecule has 0 saturated carbocycles. The van der Waals surface area contributed by atoms with E-state index in [-0.39, 0.29) is 0 Å². The molecule has 0 aliphatic rings. The number of hydrogen-bond acceptors (Lipinski definition) is 6. The van der Waals surface area contributed by atoms with Gasteiger partial charge in [0, 0.05) is 29.7 Å². The largest absolute Gasteiger partial charge is 0.496 e. The SMILES string of the molecule is COc1cc(-c2nnn(-c3ccccn3)n2)ccc1-c1ccncc1. The highest BCUT2D eigenvalue weighted by atomic mass is 16.5. The Kier molecular flexibility index (Phi) is 3.88. The molecule has 0 bridgehead atoms. The van der Waals surface area contributed by atoms with Crippen molar-refractivity contribution in [2.24, 2.45) is 0 Å². The van der Waals surface area contributed by atoms with Crippen molar-refractivity contribution in [2.75, 3.05) is 7.11 Å². The smallest absolute Gasteiger partial charge is 0.205 e. The predicted molar refractivity (Wildman–Crippen MR) is 92.2 cm³/mol. The Bertz CT molecular complexity index is 985. The summed E-state index contributed by atoms with van der Waals surface area (Å²) in [5, 5.41) is 12.6. The van der Waals surface area contributed by atoms with E-state index in [9.17, 15) is 0 Å². The summed E-state index contributed by atoms with van der Waals surface area (Å²) >= 11 is 0. The van der Waals surface area contributed by atoms with E-state index < -0.39 is 0 Å². The summed E-state index contributed by atoms with van der Waals surface area (Å²) in [6.45, 7) is 0. The molecule has 3 heterocycles. The van der Waals surface area contributed by atoms with Crippen LogP contribution in [0.15, 0.2) is 67.1 Å². The van der Waals surface area contributed by atoms with Crippen LogP contribution in [0.3, 0.4) is 0 Å². The number of ether oxygens (including phenoxy) is 1. The van der Waals surface area contributed by atoms with Crippen LogP contribution in [0.1, 0.15) is 0 Å². The number of pyridine rings is 2. The number of benzene rings is 1. The molecule has 122 valence electrons. The lowest BCUT2D eigenvalue weighted by atomic mass is 10.0. The van der Waals surface area contributed by atoms with Gasteiger partial charge in [0.1, 0.15) is 5.75 Å². The average molecular weight is 330 g/mol. The van der Waals surface area contributed by atoms with Crippen LogP contribution in [-0.2, 0) is 0 Å². The molecule has 3 aromatic heterocycles. The number of rotatable bonds is 4. The molecule has 0 atom stereocenters. The first-order valence-electron chi connectivity index (χ1n) is 7.65. The molecule has 0 fully saturated rings. The van der Waals surface area contributed by atoms with Gasteiger partial charge in [-0.3, -0.25) is 4.98 Å². The minimum Gasteiger partial charge on any atom is -0.496 e. The monoisotopic (exact) mass is 330 g/mol. The molecular weight excluding hydrogens is 316 g/mol. The van der Waals surface area contributed by atoms with Crippen molar-refractivity contribution in [3.63, 3.8) is 0 Å². The van der Waals surface area contributed by atoms with Gasteiger partial charge in [-0.2, -0.15) is 0 Å². The van der Waals surface area contributed by atoms with E-state index in [0.29, 0.717) is 11.6 Å². The normalized spacial score (nSPS) is 10.6. The van der Waals surface area contributed by atoms with Crippen molar-refractivity contribution in [1.29, 1.82) is 0 Å². The van der Waals surface area contributed by atoms with E-state index in [2.05, 4.69) is 25.4 Å². The molecule has 0 spiro atoms. The Morgan fingerprint density at radius 3 is 2.56 bits per heavy atom. The number of tetrazole rings is 1. The van der Waals surface area contributed by atoms with Crippen LogP contribution in [0.4, 0.5) is 0 Å². The Morgan fingerprint density at radius 1 is 0.920 bits per heavy atom. The molecular formula is C18H14N6O. The molecule has 0 N–H and O–H groups in total. The van der Waals surface area contributed by atoms with Crippen LogP contribution in [0.25, 0.3) is 28.3 Å². The number of nitrogens with zero attached hydrogens (tertiary/aromatic N) is 6. The third-order valence-corrected chi connectivity index (χ3v) is 3.72. The Hall–Kier alpha value is -3.61. The minimum atomic E-state index is 0.505. The van der Waals surface area contributed by atoms with Crippen LogP contribution >= 0.6 is 0 Å². The molecule has 0 radical (unpaired) electrons. The van der Waals surface area contributed by atoms with Crippen LogP contribution in [0.2, 0.25) is 0 Å². The van der Waals surface area contributed by atoms with Gasteiger partial charge in [-0.25, -0.2) is 4.98 Å². The minimum absolute atomic E-state index is 0.505. The maximum Gasteiger partial charge on any atom is 0.205 e. The molecule has 0 aliphatic carbocycles. The van der Waals surface area contributed by atoms with Gasteiger partial charge in [0.15, 0.2) is 5.82 Å². The number of methoxy groups -OCH3 is 1. The van der Waals surface area contributed by atoms with Crippen LogP contribution in [0.5, 0.6) is 5.75 Å². The quantitative estimate of drug-likeness (QED) is 0.572. The Morgan fingerprint density at radius 2 is 1.80 bits per heavy atom. The summed E-state index contributed by atoms with van der Waals surface area (Å²) in [4.78, 5) is 9.66. The lowest BCUT2D eigenvalue weighted by Crippen LogP contribution is -2.00. The standard InChI is InChI=1S/C18H14N6O/c1-25-16-12-14(5-6-15(16)13-7-10-19-11-8-13)18-21-23-24(22-18)17-4-2-3-9-20-17/h2-12H,1H3. The first-order chi connectivity index (χ1) is 12.3. The fourth-order valence-corrected chi connectivity index (χ4v) is 2.50. The van der Waals surface area contributed by atoms with Crippen LogP contribution in [0, 0.1) is 0 Å². The fraction of sp³-hybridized carbons (Fsp3) is 0.0556. The van der Waals surface area contributed by atoms with E-state index >= 15 is 0 Å². The molecule has 7 heteroatoms. The van der Waals surface area contributed by atoms with Gasteiger partial charge in [0.25, 0.3) is 0 Å². The fourth-order valence-electron chi connectivity index (χ4n) is 2.50. The van der Waals surface area contributed by atoms with E-state index in [1.165, 1.54) is 4.80 Å². The lowest BCUT2D eigenvalue weighted by Gasteiger charge is -2.09. The van der Waals surface area contributed by atoms with E-state index in [0.717, 1.165) is 22.4 Å². The Labute approximate surface area is 144 Å². The summed E-state index contributed by atoms with van der Waals surface area (Å²) < 4.78 is 5.54. The van der Waals surface area contributed by atoms with Gasteiger partial charge >= 0.3 is 0 Å². The summed E-state index contributed by atoms with van der Waals surface area (Å²) in [6.07, 6.45) is 5.19. The summed E-state index contributed by atoms with van der Waals surface area (Å²) in [6, 6.07) is 15.2. The number of hydrogen-bond donors (Lipinski definition) is 0. The van der Waals surface area contributed by atoms with Crippen LogP contribution < -0.4 is 4.74 Å². The van der Waals surface area contributed by atoms with Crippen molar-refractivity contribution < 1.29 is 4.74 Å². The second kappa shape index (κ2) is 6.48. The van der Waals surface area contributed by atoms with Gasteiger partial charge in [-0.1, -0.05) is 12.1 Å². The zero-order valence-corrected chi connectivity index (χ0v) is 13.4. The highest BCUT2D eigenvalue weighted by molar-refractivity contribution is 5.74. The van der Waals surface area contributed by atoms with E-state index in [1.54, 1.807) is 25.7 Å². The molecule has 4 rings (SSSR count). The van der Waals surface area contributed by atoms with E-state index in [1.807, 2.05) is 48.5 Å². The third-order valence-electron chi connectivity index (χ3n) is 3.72. The van der Waals surface area contributed by atoms with Gasteiger partial charge in [-0.15, -0.1) is 15.0 Å². The zero-order valence-electron chi connectivity index (χ0n) is 13.4.